The van der Waals surface area contributed by atoms with Crippen LogP contribution in [0.1, 0.15) is 25.5 Å². The monoisotopic (exact) mass is 446 g/mol. The third-order valence-corrected chi connectivity index (χ3v) is 7.86. The molecule has 0 aliphatic carbocycles. The van der Waals surface area contributed by atoms with Crippen LogP contribution in [-0.2, 0) is 0 Å². The summed E-state index contributed by atoms with van der Waals surface area (Å²) < 4.78 is 0. The molecule has 0 spiro atoms. The van der Waals surface area contributed by atoms with Crippen LogP contribution in [0.2, 0.25) is 24.7 Å². The number of benzene rings is 1. The molecular formula is C22H31ClN4O2Si. The van der Waals surface area contributed by atoms with Gasteiger partial charge in [-0.15, -0.1) is 0 Å². The van der Waals surface area contributed by atoms with Gasteiger partial charge < -0.3 is 20.2 Å². The lowest BCUT2D eigenvalue weighted by molar-refractivity contribution is 0.184. The number of aromatic nitrogens is 1. The first kappa shape index (κ1) is 22.6. The molecule has 2 N–H and O–H groups in total. The highest BCUT2D eigenvalue weighted by atomic mass is 35.5. The van der Waals surface area contributed by atoms with Crippen LogP contribution in [0.25, 0.3) is 0 Å². The zero-order valence-corrected chi connectivity index (χ0v) is 20.1. The zero-order valence-electron chi connectivity index (χ0n) is 18.3. The Kier molecular flexibility index (Phi) is 6.74. The minimum absolute atomic E-state index is 0.00862. The fourth-order valence-electron chi connectivity index (χ4n) is 3.61. The molecule has 1 aromatic carbocycles. The van der Waals surface area contributed by atoms with Gasteiger partial charge in [-0.3, -0.25) is 0 Å². The number of carbonyl (C=O) groups is 1. The number of carbonyl (C=O) groups excluding carboxylic acids is 1. The summed E-state index contributed by atoms with van der Waals surface area (Å²) in [6, 6.07) is 9.88. The topological polar surface area (TPSA) is 68.7 Å². The van der Waals surface area contributed by atoms with Crippen LogP contribution in [0.4, 0.5) is 16.3 Å². The van der Waals surface area contributed by atoms with Gasteiger partial charge in [0.1, 0.15) is 5.82 Å². The predicted octanol–water partition coefficient (Wildman–Crippen LogP) is 4.08. The first-order valence-electron chi connectivity index (χ1n) is 10.3. The molecule has 1 aliphatic heterocycles. The number of aliphatic hydroxyl groups is 1. The van der Waals surface area contributed by atoms with Crippen molar-refractivity contribution in [2.75, 3.05) is 29.9 Å². The average molecular weight is 447 g/mol. The van der Waals surface area contributed by atoms with Gasteiger partial charge in [-0.2, -0.15) is 0 Å². The quantitative estimate of drug-likeness (QED) is 0.694. The number of hydrogen-bond acceptors (Lipinski definition) is 4. The van der Waals surface area contributed by atoms with Gasteiger partial charge in [0.15, 0.2) is 0 Å². The molecule has 0 bridgehead atoms. The Bertz CT molecular complexity index is 899. The smallest absolute Gasteiger partial charge is 0.322 e. The minimum Gasteiger partial charge on any atom is -0.389 e. The van der Waals surface area contributed by atoms with Gasteiger partial charge >= 0.3 is 6.03 Å². The Labute approximate surface area is 184 Å². The maximum Gasteiger partial charge on any atom is 0.322 e. The number of pyridine rings is 1. The maximum atomic E-state index is 12.8. The Morgan fingerprint density at radius 2 is 1.93 bits per heavy atom. The van der Waals surface area contributed by atoms with Gasteiger partial charge in [0.05, 0.1) is 19.2 Å². The average Bonchev–Trinajstić information content (AvgIpc) is 2.67. The lowest BCUT2D eigenvalue weighted by Crippen LogP contribution is -2.55. The summed E-state index contributed by atoms with van der Waals surface area (Å²) in [6.07, 6.45) is 1.04. The van der Waals surface area contributed by atoms with E-state index in [0.717, 1.165) is 5.69 Å². The summed E-state index contributed by atoms with van der Waals surface area (Å²) in [5.74, 6) is 0.690. The Morgan fingerprint density at radius 1 is 1.27 bits per heavy atom. The van der Waals surface area contributed by atoms with Crippen LogP contribution < -0.4 is 15.4 Å². The van der Waals surface area contributed by atoms with Gasteiger partial charge in [0, 0.05) is 43.1 Å². The highest BCUT2D eigenvalue weighted by Gasteiger charge is 2.29. The Hall–Kier alpha value is -2.09. The molecule has 1 fully saturated rings. The van der Waals surface area contributed by atoms with E-state index in [9.17, 15) is 9.90 Å². The molecule has 0 radical (unpaired) electrons. The fourth-order valence-corrected chi connectivity index (χ4v) is 5.07. The summed E-state index contributed by atoms with van der Waals surface area (Å²) in [7, 11) is -1.35. The normalized spacial score (nSPS) is 18.3. The van der Waals surface area contributed by atoms with E-state index in [-0.39, 0.29) is 12.1 Å². The van der Waals surface area contributed by atoms with Crippen molar-refractivity contribution in [2.24, 2.45) is 0 Å². The fraction of sp³-hybridized carbons (Fsp3) is 0.455. The molecule has 2 aromatic rings. The molecular weight excluding hydrogens is 416 g/mol. The number of aliphatic hydroxyl groups excluding tert-OH is 1. The number of urea groups is 1. The van der Waals surface area contributed by atoms with Crippen molar-refractivity contribution in [3.63, 3.8) is 0 Å². The highest BCUT2D eigenvalue weighted by molar-refractivity contribution is 6.88. The maximum absolute atomic E-state index is 12.8. The molecule has 2 heterocycles. The van der Waals surface area contributed by atoms with E-state index in [1.54, 1.807) is 19.2 Å². The number of rotatable bonds is 4. The van der Waals surface area contributed by atoms with Crippen LogP contribution >= 0.6 is 11.6 Å². The van der Waals surface area contributed by atoms with Crippen molar-refractivity contribution < 1.29 is 9.90 Å². The minimum atomic E-state index is -1.35. The van der Waals surface area contributed by atoms with Crippen LogP contribution in [0.15, 0.2) is 36.5 Å². The SMILES string of the molecule is CC(O)c1cnc(N2CCN(C(=O)Nc3ccc([Si](C)(C)C)cc3)[C@H](C)C2)c(Cl)c1. The number of halogens is 1. The summed E-state index contributed by atoms with van der Waals surface area (Å²) in [5.41, 5.74) is 1.50. The number of nitrogens with zero attached hydrogens (tertiary/aromatic N) is 3. The van der Waals surface area contributed by atoms with Gasteiger partial charge in [-0.25, -0.2) is 9.78 Å². The van der Waals surface area contributed by atoms with Crippen molar-refractivity contribution >= 4 is 42.4 Å². The first-order chi connectivity index (χ1) is 14.1. The van der Waals surface area contributed by atoms with E-state index in [4.69, 9.17) is 11.6 Å². The molecule has 2 atom stereocenters. The zero-order chi connectivity index (χ0) is 22.1. The van der Waals surface area contributed by atoms with E-state index in [0.29, 0.717) is 36.0 Å². The third-order valence-electron chi connectivity index (χ3n) is 5.52. The van der Waals surface area contributed by atoms with Crippen molar-refractivity contribution in [2.45, 2.75) is 45.6 Å². The van der Waals surface area contributed by atoms with Crippen LogP contribution in [0.3, 0.4) is 0 Å². The second kappa shape index (κ2) is 8.96. The molecule has 6 nitrogen and oxygen atoms in total. The Morgan fingerprint density at radius 3 is 2.47 bits per heavy atom. The number of nitrogens with one attached hydrogen (secondary N) is 1. The molecule has 1 aliphatic rings. The first-order valence-corrected chi connectivity index (χ1v) is 14.2. The number of piperazine rings is 1. The van der Waals surface area contributed by atoms with Crippen molar-refractivity contribution in [1.29, 1.82) is 0 Å². The van der Waals surface area contributed by atoms with E-state index < -0.39 is 14.2 Å². The predicted molar refractivity (Wildman–Crippen MR) is 127 cm³/mol. The van der Waals surface area contributed by atoms with Gasteiger partial charge in [0.25, 0.3) is 0 Å². The highest BCUT2D eigenvalue weighted by Crippen LogP contribution is 2.28. The standard InChI is InChI=1S/C22H31ClN4O2Si/c1-15-14-26(21-20(23)12-17(13-24-21)16(2)28)10-11-27(15)22(29)25-18-6-8-19(9-7-18)30(3,4)5/h6-9,12-13,15-16,28H,10-11,14H2,1-5H3,(H,25,29)/t15-,16?/m1/s1. The lowest BCUT2D eigenvalue weighted by atomic mass is 10.1. The molecule has 2 amide bonds. The summed E-state index contributed by atoms with van der Waals surface area (Å²) in [4.78, 5) is 21.2. The van der Waals surface area contributed by atoms with Crippen LogP contribution in [0, 0.1) is 0 Å². The molecule has 1 unspecified atom stereocenters. The summed E-state index contributed by atoms with van der Waals surface area (Å²) in [6.45, 7) is 12.5. The molecule has 30 heavy (non-hydrogen) atoms. The summed E-state index contributed by atoms with van der Waals surface area (Å²) >= 11 is 6.40. The second-order valence-corrected chi connectivity index (χ2v) is 14.5. The summed E-state index contributed by atoms with van der Waals surface area (Å²) in [5, 5.41) is 14.6. The largest absolute Gasteiger partial charge is 0.389 e. The van der Waals surface area contributed by atoms with E-state index in [1.165, 1.54) is 5.19 Å². The number of amides is 2. The molecule has 8 heteroatoms. The molecule has 1 saturated heterocycles. The van der Waals surface area contributed by atoms with E-state index in [2.05, 4.69) is 47.0 Å². The van der Waals surface area contributed by atoms with Gasteiger partial charge in [-0.1, -0.05) is 48.6 Å². The van der Waals surface area contributed by atoms with Crippen molar-refractivity contribution in [1.82, 2.24) is 9.88 Å². The van der Waals surface area contributed by atoms with Crippen LogP contribution in [-0.4, -0.2) is 54.8 Å². The van der Waals surface area contributed by atoms with E-state index >= 15 is 0 Å². The Balaban J connectivity index is 1.63. The van der Waals surface area contributed by atoms with Crippen molar-refractivity contribution in [3.05, 3.63) is 47.1 Å². The lowest BCUT2D eigenvalue weighted by Gasteiger charge is -2.40. The third kappa shape index (κ3) is 5.14. The van der Waals surface area contributed by atoms with E-state index in [1.807, 2.05) is 24.0 Å². The van der Waals surface area contributed by atoms with Gasteiger partial charge in [0.2, 0.25) is 0 Å². The van der Waals surface area contributed by atoms with Gasteiger partial charge in [-0.05, 0) is 32.0 Å². The molecule has 162 valence electrons. The number of anilines is 2. The molecule has 3 rings (SSSR count). The van der Waals surface area contributed by atoms with Crippen LogP contribution in [0.5, 0.6) is 0 Å². The second-order valence-electron chi connectivity index (χ2n) is 9.00. The van der Waals surface area contributed by atoms with Crippen molar-refractivity contribution in [3.8, 4) is 0 Å². The molecule has 1 aromatic heterocycles. The number of hydrogen-bond donors (Lipinski definition) is 2. The molecule has 0 saturated carbocycles.